The lowest BCUT2D eigenvalue weighted by Gasteiger charge is -2.25. The molecule has 168 valence electrons. The fourth-order valence-electron chi connectivity index (χ4n) is 3.43. The van der Waals surface area contributed by atoms with Gasteiger partial charge in [0.1, 0.15) is 16.6 Å². The number of hydrogen-bond donors (Lipinski definition) is 1. The van der Waals surface area contributed by atoms with Crippen molar-refractivity contribution in [3.05, 3.63) is 119 Å². The van der Waals surface area contributed by atoms with E-state index in [0.717, 1.165) is 26.8 Å². The SMILES string of the molecule is O=C(CN(c1ccc(F)cc1)S(=O)(=O)c1cccs1)NC(c1ccccc1)c1ccccc1. The van der Waals surface area contributed by atoms with E-state index in [1.165, 1.54) is 30.3 Å². The summed E-state index contributed by atoms with van der Waals surface area (Å²) in [5.41, 5.74) is 1.94. The second kappa shape index (κ2) is 9.97. The third kappa shape index (κ3) is 5.30. The molecule has 0 aliphatic carbocycles. The maximum Gasteiger partial charge on any atom is 0.274 e. The molecule has 0 bridgehead atoms. The molecule has 4 rings (SSSR count). The van der Waals surface area contributed by atoms with E-state index < -0.39 is 34.3 Å². The van der Waals surface area contributed by atoms with Crippen LogP contribution in [0.2, 0.25) is 0 Å². The van der Waals surface area contributed by atoms with Gasteiger partial charge in [0.15, 0.2) is 0 Å². The first-order valence-corrected chi connectivity index (χ1v) is 12.5. The molecular weight excluding hydrogens is 459 g/mol. The summed E-state index contributed by atoms with van der Waals surface area (Å²) in [4.78, 5) is 13.2. The minimum Gasteiger partial charge on any atom is -0.344 e. The van der Waals surface area contributed by atoms with E-state index in [-0.39, 0.29) is 9.90 Å². The van der Waals surface area contributed by atoms with Crippen molar-refractivity contribution in [3.8, 4) is 0 Å². The molecule has 0 fully saturated rings. The number of anilines is 1. The number of carbonyl (C=O) groups excluding carboxylic acids is 1. The first kappa shape index (κ1) is 22.7. The van der Waals surface area contributed by atoms with Crippen molar-refractivity contribution < 1.29 is 17.6 Å². The van der Waals surface area contributed by atoms with Gasteiger partial charge < -0.3 is 5.32 Å². The zero-order chi connectivity index (χ0) is 23.3. The van der Waals surface area contributed by atoms with Crippen molar-refractivity contribution in [2.75, 3.05) is 10.8 Å². The van der Waals surface area contributed by atoms with Gasteiger partial charge in [0.25, 0.3) is 10.0 Å². The van der Waals surface area contributed by atoms with Gasteiger partial charge in [0, 0.05) is 0 Å². The molecule has 1 N–H and O–H groups in total. The van der Waals surface area contributed by atoms with Crippen LogP contribution in [0.3, 0.4) is 0 Å². The molecule has 33 heavy (non-hydrogen) atoms. The molecule has 8 heteroatoms. The van der Waals surface area contributed by atoms with E-state index in [1.54, 1.807) is 11.4 Å². The molecule has 0 spiro atoms. The Bertz CT molecular complexity index is 1260. The van der Waals surface area contributed by atoms with E-state index in [0.29, 0.717) is 0 Å². The van der Waals surface area contributed by atoms with Gasteiger partial charge in [-0.3, -0.25) is 9.10 Å². The van der Waals surface area contributed by atoms with Crippen molar-refractivity contribution >= 4 is 33.0 Å². The summed E-state index contributed by atoms with van der Waals surface area (Å²) in [7, 11) is -4.02. The number of benzene rings is 3. The first-order valence-electron chi connectivity index (χ1n) is 10.2. The molecule has 0 unspecified atom stereocenters. The van der Waals surface area contributed by atoms with E-state index in [2.05, 4.69) is 5.32 Å². The summed E-state index contributed by atoms with van der Waals surface area (Å²) < 4.78 is 41.2. The van der Waals surface area contributed by atoms with Gasteiger partial charge in [0.2, 0.25) is 5.91 Å². The smallest absolute Gasteiger partial charge is 0.274 e. The summed E-state index contributed by atoms with van der Waals surface area (Å²) in [6.45, 7) is -0.456. The van der Waals surface area contributed by atoms with E-state index in [4.69, 9.17) is 0 Å². The number of halogens is 1. The zero-order valence-corrected chi connectivity index (χ0v) is 19.1. The van der Waals surface area contributed by atoms with E-state index in [9.17, 15) is 17.6 Å². The van der Waals surface area contributed by atoms with Crippen LogP contribution in [0.1, 0.15) is 17.2 Å². The Morgan fingerprint density at radius 1 is 0.848 bits per heavy atom. The van der Waals surface area contributed by atoms with Crippen LogP contribution in [-0.4, -0.2) is 20.9 Å². The van der Waals surface area contributed by atoms with Crippen LogP contribution in [0.4, 0.5) is 10.1 Å². The van der Waals surface area contributed by atoms with Crippen LogP contribution < -0.4 is 9.62 Å². The molecule has 0 saturated heterocycles. The summed E-state index contributed by atoms with van der Waals surface area (Å²) >= 11 is 1.06. The normalized spacial score (nSPS) is 11.3. The number of hydrogen-bond acceptors (Lipinski definition) is 4. The zero-order valence-electron chi connectivity index (χ0n) is 17.5. The van der Waals surface area contributed by atoms with Crippen molar-refractivity contribution in [1.82, 2.24) is 5.32 Å². The Morgan fingerprint density at radius 3 is 1.94 bits per heavy atom. The highest BCUT2D eigenvalue weighted by Crippen LogP contribution is 2.27. The van der Waals surface area contributed by atoms with Crippen LogP contribution in [0.5, 0.6) is 0 Å². The highest BCUT2D eigenvalue weighted by molar-refractivity contribution is 7.94. The van der Waals surface area contributed by atoms with Crippen LogP contribution >= 0.6 is 11.3 Å². The summed E-state index contributed by atoms with van der Waals surface area (Å²) in [5, 5.41) is 4.61. The lowest BCUT2D eigenvalue weighted by Crippen LogP contribution is -2.42. The van der Waals surface area contributed by atoms with Gasteiger partial charge in [0.05, 0.1) is 11.7 Å². The number of carbonyl (C=O) groups is 1. The Hall–Kier alpha value is -3.49. The molecule has 1 heterocycles. The monoisotopic (exact) mass is 480 g/mol. The number of sulfonamides is 1. The van der Waals surface area contributed by atoms with Gasteiger partial charge in [-0.1, -0.05) is 66.7 Å². The highest BCUT2D eigenvalue weighted by atomic mass is 32.2. The number of thiophene rings is 1. The predicted octanol–water partition coefficient (Wildman–Crippen LogP) is 4.99. The Balaban J connectivity index is 1.65. The third-order valence-electron chi connectivity index (χ3n) is 5.01. The second-order valence-corrected chi connectivity index (χ2v) is 10.3. The maximum absolute atomic E-state index is 13.5. The average molecular weight is 481 g/mol. The number of nitrogens with zero attached hydrogens (tertiary/aromatic N) is 1. The number of nitrogens with one attached hydrogen (secondary N) is 1. The molecule has 3 aromatic carbocycles. The summed E-state index contributed by atoms with van der Waals surface area (Å²) in [5.74, 6) is -0.984. The lowest BCUT2D eigenvalue weighted by molar-refractivity contribution is -0.120. The number of rotatable bonds is 8. The Kier molecular flexibility index (Phi) is 6.86. The molecule has 0 radical (unpaired) electrons. The van der Waals surface area contributed by atoms with Crippen molar-refractivity contribution in [1.29, 1.82) is 0 Å². The number of amides is 1. The molecule has 0 saturated carbocycles. The molecule has 0 aliphatic heterocycles. The largest absolute Gasteiger partial charge is 0.344 e. The maximum atomic E-state index is 13.5. The van der Waals surface area contributed by atoms with Crippen molar-refractivity contribution in [2.24, 2.45) is 0 Å². The minimum absolute atomic E-state index is 0.0993. The van der Waals surface area contributed by atoms with Gasteiger partial charge in [-0.15, -0.1) is 11.3 Å². The van der Waals surface area contributed by atoms with Gasteiger partial charge in [-0.05, 0) is 46.8 Å². The van der Waals surface area contributed by atoms with E-state index in [1.807, 2.05) is 60.7 Å². The first-order chi connectivity index (χ1) is 15.9. The van der Waals surface area contributed by atoms with Crippen molar-refractivity contribution in [3.63, 3.8) is 0 Å². The Labute approximate surface area is 196 Å². The molecule has 5 nitrogen and oxygen atoms in total. The van der Waals surface area contributed by atoms with Crippen LogP contribution in [0, 0.1) is 5.82 Å². The highest BCUT2D eigenvalue weighted by Gasteiger charge is 2.29. The summed E-state index contributed by atoms with van der Waals surface area (Å²) in [6, 6.07) is 26.6. The molecule has 4 aromatic rings. The molecule has 0 atom stereocenters. The second-order valence-electron chi connectivity index (χ2n) is 7.24. The minimum atomic E-state index is -4.02. The van der Waals surface area contributed by atoms with E-state index >= 15 is 0 Å². The quantitative estimate of drug-likeness (QED) is 0.386. The van der Waals surface area contributed by atoms with Gasteiger partial charge >= 0.3 is 0 Å². The molecule has 1 amide bonds. The van der Waals surface area contributed by atoms with Crippen LogP contribution in [0.15, 0.2) is 107 Å². The fraction of sp³-hybridized carbons (Fsp3) is 0.0800. The molecule has 1 aromatic heterocycles. The average Bonchev–Trinajstić information content (AvgIpc) is 3.39. The molecule has 0 aliphatic rings. The van der Waals surface area contributed by atoms with Crippen LogP contribution in [0.25, 0.3) is 0 Å². The van der Waals surface area contributed by atoms with Gasteiger partial charge in [-0.25, -0.2) is 12.8 Å². The van der Waals surface area contributed by atoms with Crippen molar-refractivity contribution in [2.45, 2.75) is 10.3 Å². The van der Waals surface area contributed by atoms with Crippen LogP contribution in [-0.2, 0) is 14.8 Å². The Morgan fingerprint density at radius 2 is 1.42 bits per heavy atom. The third-order valence-corrected chi connectivity index (χ3v) is 8.16. The topological polar surface area (TPSA) is 66.5 Å². The lowest BCUT2D eigenvalue weighted by atomic mass is 9.99. The fourth-order valence-corrected chi connectivity index (χ4v) is 5.95. The van der Waals surface area contributed by atoms with Gasteiger partial charge in [-0.2, -0.15) is 0 Å². The predicted molar refractivity (Wildman–Crippen MR) is 128 cm³/mol. The summed E-state index contributed by atoms with van der Waals surface area (Å²) in [6.07, 6.45) is 0. The standard InChI is InChI=1S/C25H21FN2O3S2/c26-21-13-15-22(16-14-21)28(33(30,31)24-12-7-17-32-24)18-23(29)27-25(19-8-3-1-4-9-19)20-10-5-2-6-11-20/h1-17,25H,18H2,(H,27,29). The molecular formula is C25H21FN2O3S2.